The van der Waals surface area contributed by atoms with Gasteiger partial charge in [-0.15, -0.1) is 0 Å². The highest BCUT2D eigenvalue weighted by Gasteiger charge is 2.17. The van der Waals surface area contributed by atoms with Crippen molar-refractivity contribution in [3.63, 3.8) is 0 Å². The second-order valence-corrected chi connectivity index (χ2v) is 6.36. The smallest absolute Gasteiger partial charge is 0.0828 e. The van der Waals surface area contributed by atoms with Crippen LogP contribution in [0.2, 0.25) is 0 Å². The molecule has 0 radical (unpaired) electrons. The van der Waals surface area contributed by atoms with Gasteiger partial charge in [-0.2, -0.15) is 0 Å². The van der Waals surface area contributed by atoms with E-state index in [4.69, 9.17) is 4.74 Å². The lowest BCUT2D eigenvalue weighted by Gasteiger charge is -2.30. The van der Waals surface area contributed by atoms with Crippen molar-refractivity contribution in [3.05, 3.63) is 0 Å². The Balaban J connectivity index is 4.31. The Morgan fingerprint density at radius 2 is 1.11 bits per heavy atom. The minimum absolute atomic E-state index is 0.259. The molecular weight excluding hydrogens is 240 g/mol. The van der Waals surface area contributed by atoms with Gasteiger partial charge in [-0.25, -0.2) is 0 Å². The van der Waals surface area contributed by atoms with Gasteiger partial charge in [0.05, 0.1) is 12.7 Å². The van der Waals surface area contributed by atoms with Crippen LogP contribution in [0.15, 0.2) is 0 Å². The maximum atomic E-state index is 6.14. The zero-order valence-electron chi connectivity index (χ0n) is 14.2. The first kappa shape index (κ1) is 18.8. The lowest BCUT2D eigenvalue weighted by molar-refractivity contribution is -0.00947. The SMILES string of the molecule is CN(C)CC(CN(C)C)OC[C@H](CN(C)C)N(C)C. The van der Waals surface area contributed by atoms with Crippen LogP contribution in [0.1, 0.15) is 0 Å². The summed E-state index contributed by atoms with van der Waals surface area (Å²) in [6.07, 6.45) is 0.259. The fourth-order valence-electron chi connectivity index (χ4n) is 2.01. The molecule has 0 aliphatic heterocycles. The number of nitrogens with zero attached hydrogens (tertiary/aromatic N) is 4. The molecule has 5 heteroatoms. The zero-order chi connectivity index (χ0) is 15.0. The molecule has 0 aliphatic rings. The van der Waals surface area contributed by atoms with Gasteiger partial charge in [0.15, 0.2) is 0 Å². The van der Waals surface area contributed by atoms with E-state index in [0.29, 0.717) is 6.04 Å². The summed E-state index contributed by atoms with van der Waals surface area (Å²) in [5, 5.41) is 0. The van der Waals surface area contributed by atoms with Crippen LogP contribution in [0.3, 0.4) is 0 Å². The summed E-state index contributed by atoms with van der Waals surface area (Å²) in [6.45, 7) is 3.71. The van der Waals surface area contributed by atoms with Crippen LogP contribution >= 0.6 is 0 Å². The minimum atomic E-state index is 0.259. The molecule has 116 valence electrons. The molecule has 0 aliphatic carbocycles. The maximum absolute atomic E-state index is 6.14. The van der Waals surface area contributed by atoms with Crippen molar-refractivity contribution in [1.29, 1.82) is 0 Å². The quantitative estimate of drug-likeness (QED) is 0.557. The van der Waals surface area contributed by atoms with Gasteiger partial charge < -0.3 is 24.3 Å². The van der Waals surface area contributed by atoms with Crippen LogP contribution in [0.25, 0.3) is 0 Å². The first-order valence-corrected chi connectivity index (χ1v) is 6.94. The van der Waals surface area contributed by atoms with E-state index in [1.54, 1.807) is 0 Å². The maximum Gasteiger partial charge on any atom is 0.0828 e. The third kappa shape index (κ3) is 10.3. The lowest BCUT2D eigenvalue weighted by Crippen LogP contribution is -2.44. The standard InChI is InChI=1S/C14H34N4O/c1-15(2)9-13(18(7)8)12-19-14(10-16(3)4)11-17(5)6/h13-14H,9-12H2,1-8H3/t13-/m0/s1. The fourth-order valence-corrected chi connectivity index (χ4v) is 2.01. The average Bonchev–Trinajstić information content (AvgIpc) is 2.21. The second kappa shape index (κ2) is 9.66. The van der Waals surface area contributed by atoms with Crippen molar-refractivity contribution >= 4 is 0 Å². The number of hydrogen-bond donors (Lipinski definition) is 0. The van der Waals surface area contributed by atoms with Crippen LogP contribution in [0.5, 0.6) is 0 Å². The molecule has 0 bridgehead atoms. The second-order valence-electron chi connectivity index (χ2n) is 6.36. The van der Waals surface area contributed by atoms with Crippen LogP contribution in [0.4, 0.5) is 0 Å². The van der Waals surface area contributed by atoms with Crippen LogP contribution in [-0.4, -0.2) is 114 Å². The van der Waals surface area contributed by atoms with E-state index in [1.165, 1.54) is 0 Å². The number of likely N-dealkylation sites (N-methyl/N-ethyl adjacent to an activating group) is 4. The Kier molecular flexibility index (Phi) is 9.56. The monoisotopic (exact) mass is 274 g/mol. The van der Waals surface area contributed by atoms with E-state index in [1.807, 2.05) is 0 Å². The Labute approximate surface area is 120 Å². The molecule has 0 unspecified atom stereocenters. The number of ether oxygens (including phenoxy) is 1. The molecule has 5 nitrogen and oxygen atoms in total. The molecule has 0 saturated heterocycles. The van der Waals surface area contributed by atoms with Gasteiger partial charge >= 0.3 is 0 Å². The third-order valence-electron chi connectivity index (χ3n) is 2.97. The summed E-state index contributed by atoms with van der Waals surface area (Å²) in [5.74, 6) is 0. The lowest BCUT2D eigenvalue weighted by atomic mass is 10.2. The van der Waals surface area contributed by atoms with Gasteiger partial charge in [-0.1, -0.05) is 0 Å². The van der Waals surface area contributed by atoms with Crippen molar-refractivity contribution < 1.29 is 4.74 Å². The molecule has 0 saturated carbocycles. The zero-order valence-corrected chi connectivity index (χ0v) is 14.2. The molecule has 0 rings (SSSR count). The highest BCUT2D eigenvalue weighted by molar-refractivity contribution is 4.71. The summed E-state index contributed by atoms with van der Waals surface area (Å²) >= 11 is 0. The highest BCUT2D eigenvalue weighted by Crippen LogP contribution is 2.02. The molecule has 0 spiro atoms. The molecule has 1 atom stereocenters. The summed E-state index contributed by atoms with van der Waals surface area (Å²) < 4.78 is 6.14. The van der Waals surface area contributed by atoms with Gasteiger partial charge in [0.1, 0.15) is 0 Å². The summed E-state index contributed by atoms with van der Waals surface area (Å²) in [4.78, 5) is 8.82. The van der Waals surface area contributed by atoms with Crippen molar-refractivity contribution in [2.75, 3.05) is 82.6 Å². The first-order chi connectivity index (χ1) is 8.72. The van der Waals surface area contributed by atoms with Crippen LogP contribution < -0.4 is 0 Å². The Morgan fingerprint density at radius 1 is 0.684 bits per heavy atom. The van der Waals surface area contributed by atoms with Crippen molar-refractivity contribution in [2.24, 2.45) is 0 Å². The van der Waals surface area contributed by atoms with Gasteiger partial charge in [0.25, 0.3) is 0 Å². The topological polar surface area (TPSA) is 22.2 Å². The van der Waals surface area contributed by atoms with Crippen molar-refractivity contribution in [3.8, 4) is 0 Å². The Morgan fingerprint density at radius 3 is 1.42 bits per heavy atom. The van der Waals surface area contributed by atoms with E-state index >= 15 is 0 Å². The van der Waals surface area contributed by atoms with Crippen molar-refractivity contribution in [1.82, 2.24) is 19.6 Å². The molecule has 0 aromatic carbocycles. The fraction of sp³-hybridized carbons (Fsp3) is 1.00. The van der Waals surface area contributed by atoms with E-state index in [9.17, 15) is 0 Å². The van der Waals surface area contributed by atoms with E-state index < -0.39 is 0 Å². The molecule has 0 amide bonds. The molecule has 0 N–H and O–H groups in total. The minimum Gasteiger partial charge on any atom is -0.374 e. The number of hydrogen-bond acceptors (Lipinski definition) is 5. The van der Waals surface area contributed by atoms with E-state index in [0.717, 1.165) is 26.2 Å². The molecule has 0 fully saturated rings. The Hall–Kier alpha value is -0.200. The van der Waals surface area contributed by atoms with Gasteiger partial charge in [0.2, 0.25) is 0 Å². The summed E-state index contributed by atoms with van der Waals surface area (Å²) in [6, 6.07) is 0.432. The first-order valence-electron chi connectivity index (χ1n) is 6.94. The molecule has 0 aromatic rings. The molecule has 0 heterocycles. The third-order valence-corrected chi connectivity index (χ3v) is 2.97. The number of rotatable bonds is 10. The van der Waals surface area contributed by atoms with Gasteiger partial charge in [-0.05, 0) is 56.4 Å². The molecular formula is C14H34N4O. The normalized spacial score (nSPS) is 14.4. The van der Waals surface area contributed by atoms with Gasteiger partial charge in [0, 0.05) is 25.7 Å². The molecule has 19 heavy (non-hydrogen) atoms. The van der Waals surface area contributed by atoms with Crippen molar-refractivity contribution in [2.45, 2.75) is 12.1 Å². The predicted octanol–water partition coefficient (Wildman–Crippen LogP) is -0.0134. The predicted molar refractivity (Wildman–Crippen MR) is 82.9 cm³/mol. The van der Waals surface area contributed by atoms with Crippen LogP contribution in [-0.2, 0) is 4.74 Å². The summed E-state index contributed by atoms with van der Waals surface area (Å²) in [5.41, 5.74) is 0. The summed E-state index contributed by atoms with van der Waals surface area (Å²) in [7, 11) is 16.8. The van der Waals surface area contributed by atoms with Gasteiger partial charge in [-0.3, -0.25) is 0 Å². The van der Waals surface area contributed by atoms with E-state index in [2.05, 4.69) is 76.0 Å². The van der Waals surface area contributed by atoms with E-state index in [-0.39, 0.29) is 6.10 Å². The molecule has 0 aromatic heterocycles. The largest absolute Gasteiger partial charge is 0.374 e. The highest BCUT2D eigenvalue weighted by atomic mass is 16.5. The van der Waals surface area contributed by atoms with Crippen LogP contribution in [0, 0.1) is 0 Å². The average molecular weight is 274 g/mol. The Bertz CT molecular complexity index is 209.